The van der Waals surface area contributed by atoms with Crippen LogP contribution in [0.5, 0.6) is 0 Å². The molecule has 2 rings (SSSR count). The third-order valence-electron chi connectivity index (χ3n) is 4.16. The molecule has 2 unspecified atom stereocenters. The van der Waals surface area contributed by atoms with Crippen molar-refractivity contribution in [3.05, 3.63) is 29.8 Å². The van der Waals surface area contributed by atoms with Gasteiger partial charge in [0.2, 0.25) is 5.91 Å². The predicted octanol–water partition coefficient (Wildman–Crippen LogP) is 3.09. The minimum absolute atomic E-state index is 0.0553. The van der Waals surface area contributed by atoms with E-state index in [9.17, 15) is 4.79 Å². The number of likely N-dealkylation sites (tertiary alicyclic amines) is 1. The Balaban J connectivity index is 2.09. The Morgan fingerprint density at radius 2 is 2.00 bits per heavy atom. The number of guanidine groups is 1. The number of aliphatic imine (C=N–C) groups is 1. The van der Waals surface area contributed by atoms with Crippen LogP contribution in [0.3, 0.4) is 0 Å². The molecule has 5 heteroatoms. The number of hydrogen-bond donors (Lipinski definition) is 2. The van der Waals surface area contributed by atoms with Crippen molar-refractivity contribution in [1.29, 1.82) is 0 Å². The molecule has 2 atom stereocenters. The van der Waals surface area contributed by atoms with Crippen molar-refractivity contribution in [2.24, 2.45) is 16.8 Å². The van der Waals surface area contributed by atoms with Gasteiger partial charge in [0, 0.05) is 32.2 Å². The molecule has 1 amide bonds. The van der Waals surface area contributed by atoms with E-state index in [0.29, 0.717) is 18.4 Å². The fraction of sp³-hybridized carbons (Fsp3) is 0.579. The second-order valence-electron chi connectivity index (χ2n) is 6.90. The standard InChI is InChI=1S/C19H30N4O/c1-5-20-19(23-12-14(2)9-15(3)13-23)21-11-17-7-6-8-18(10-17)22-16(4)24/h6-8,10,14-15H,5,9,11-13H2,1-4H3,(H,20,21)(H,22,24). The third kappa shape index (κ3) is 5.55. The summed E-state index contributed by atoms with van der Waals surface area (Å²) in [6.07, 6.45) is 1.29. The minimum atomic E-state index is -0.0553. The van der Waals surface area contributed by atoms with Gasteiger partial charge in [0.05, 0.1) is 6.54 Å². The molecule has 24 heavy (non-hydrogen) atoms. The van der Waals surface area contributed by atoms with E-state index in [1.165, 1.54) is 13.3 Å². The number of nitrogens with one attached hydrogen (secondary N) is 2. The van der Waals surface area contributed by atoms with Crippen LogP contribution >= 0.6 is 0 Å². The average Bonchev–Trinajstić information content (AvgIpc) is 2.50. The van der Waals surface area contributed by atoms with Crippen molar-refractivity contribution in [2.75, 3.05) is 25.0 Å². The number of rotatable bonds is 4. The molecule has 0 bridgehead atoms. The Bertz CT molecular complexity index is 574. The molecule has 2 N–H and O–H groups in total. The Morgan fingerprint density at radius 1 is 1.29 bits per heavy atom. The molecule has 0 saturated carbocycles. The lowest BCUT2D eigenvalue weighted by atomic mass is 9.92. The fourth-order valence-electron chi connectivity index (χ4n) is 3.38. The molecule has 0 aromatic heterocycles. The molecule has 1 aromatic rings. The Labute approximate surface area is 145 Å². The number of carbonyl (C=O) groups excluding carboxylic acids is 1. The van der Waals surface area contributed by atoms with E-state index < -0.39 is 0 Å². The van der Waals surface area contributed by atoms with Crippen molar-refractivity contribution in [3.8, 4) is 0 Å². The quantitative estimate of drug-likeness (QED) is 0.659. The summed E-state index contributed by atoms with van der Waals surface area (Å²) in [6, 6.07) is 7.87. The summed E-state index contributed by atoms with van der Waals surface area (Å²) in [4.78, 5) is 18.4. The van der Waals surface area contributed by atoms with E-state index in [4.69, 9.17) is 4.99 Å². The Kier molecular flexibility index (Phi) is 6.64. The second kappa shape index (κ2) is 8.71. The molecular formula is C19H30N4O. The summed E-state index contributed by atoms with van der Waals surface area (Å²) in [5.74, 6) is 2.32. The van der Waals surface area contributed by atoms with Gasteiger partial charge in [0.25, 0.3) is 0 Å². The van der Waals surface area contributed by atoms with Crippen molar-refractivity contribution >= 4 is 17.6 Å². The summed E-state index contributed by atoms with van der Waals surface area (Å²) in [5, 5.41) is 6.24. The van der Waals surface area contributed by atoms with Gasteiger partial charge in [0.15, 0.2) is 5.96 Å². The lowest BCUT2D eigenvalue weighted by Gasteiger charge is -2.37. The van der Waals surface area contributed by atoms with Crippen LogP contribution in [0.1, 0.15) is 39.7 Å². The molecule has 1 heterocycles. The first kappa shape index (κ1) is 18.3. The number of anilines is 1. The summed E-state index contributed by atoms with van der Waals surface area (Å²) in [5.41, 5.74) is 1.91. The molecule has 132 valence electrons. The first-order valence-corrected chi connectivity index (χ1v) is 8.87. The van der Waals surface area contributed by atoms with Gasteiger partial charge >= 0.3 is 0 Å². The van der Waals surface area contributed by atoms with Crippen LogP contribution in [-0.2, 0) is 11.3 Å². The van der Waals surface area contributed by atoms with Gasteiger partial charge in [-0.15, -0.1) is 0 Å². The van der Waals surface area contributed by atoms with E-state index in [-0.39, 0.29) is 5.91 Å². The SMILES string of the molecule is CCNC(=NCc1cccc(NC(C)=O)c1)N1CC(C)CC(C)C1. The number of benzene rings is 1. The summed E-state index contributed by atoms with van der Waals surface area (Å²) >= 11 is 0. The normalized spacial score (nSPS) is 21.5. The number of nitrogens with zero attached hydrogens (tertiary/aromatic N) is 2. The van der Waals surface area contributed by atoms with Gasteiger partial charge in [-0.05, 0) is 42.9 Å². The van der Waals surface area contributed by atoms with Crippen LogP contribution in [0.15, 0.2) is 29.3 Å². The van der Waals surface area contributed by atoms with Crippen molar-refractivity contribution in [1.82, 2.24) is 10.2 Å². The summed E-state index contributed by atoms with van der Waals surface area (Å²) in [6.45, 7) is 11.8. The predicted molar refractivity (Wildman–Crippen MR) is 100 cm³/mol. The van der Waals surface area contributed by atoms with Crippen LogP contribution in [-0.4, -0.2) is 36.4 Å². The molecule has 0 spiro atoms. The zero-order chi connectivity index (χ0) is 17.5. The van der Waals surface area contributed by atoms with Crippen molar-refractivity contribution in [3.63, 3.8) is 0 Å². The maximum atomic E-state index is 11.2. The molecule has 1 aromatic carbocycles. The number of carbonyl (C=O) groups is 1. The van der Waals surface area contributed by atoms with E-state index in [2.05, 4.69) is 36.3 Å². The number of piperidine rings is 1. The monoisotopic (exact) mass is 330 g/mol. The fourth-order valence-corrected chi connectivity index (χ4v) is 3.38. The molecular weight excluding hydrogens is 300 g/mol. The van der Waals surface area contributed by atoms with Crippen molar-refractivity contribution in [2.45, 2.75) is 40.7 Å². The molecule has 1 fully saturated rings. The van der Waals surface area contributed by atoms with Gasteiger partial charge in [-0.1, -0.05) is 26.0 Å². The highest BCUT2D eigenvalue weighted by Crippen LogP contribution is 2.21. The lowest BCUT2D eigenvalue weighted by Crippen LogP contribution is -2.48. The van der Waals surface area contributed by atoms with Gasteiger partial charge in [-0.3, -0.25) is 4.79 Å². The molecule has 0 radical (unpaired) electrons. The zero-order valence-electron chi connectivity index (χ0n) is 15.3. The van der Waals surface area contributed by atoms with E-state index in [1.807, 2.05) is 24.3 Å². The largest absolute Gasteiger partial charge is 0.357 e. The maximum Gasteiger partial charge on any atom is 0.221 e. The molecule has 0 aliphatic carbocycles. The van der Waals surface area contributed by atoms with Crippen LogP contribution in [0, 0.1) is 11.8 Å². The molecule has 1 saturated heterocycles. The highest BCUT2D eigenvalue weighted by molar-refractivity contribution is 5.88. The molecule has 1 aliphatic rings. The minimum Gasteiger partial charge on any atom is -0.357 e. The maximum absolute atomic E-state index is 11.2. The van der Waals surface area contributed by atoms with Crippen molar-refractivity contribution < 1.29 is 4.79 Å². The number of hydrogen-bond acceptors (Lipinski definition) is 2. The molecule has 1 aliphatic heterocycles. The van der Waals surface area contributed by atoms with Gasteiger partial charge < -0.3 is 15.5 Å². The van der Waals surface area contributed by atoms with E-state index in [1.54, 1.807) is 0 Å². The summed E-state index contributed by atoms with van der Waals surface area (Å²) in [7, 11) is 0. The topological polar surface area (TPSA) is 56.7 Å². The Morgan fingerprint density at radius 3 is 2.62 bits per heavy atom. The summed E-state index contributed by atoms with van der Waals surface area (Å²) < 4.78 is 0. The van der Waals surface area contributed by atoms with E-state index >= 15 is 0 Å². The van der Waals surface area contributed by atoms with Gasteiger partial charge in [-0.2, -0.15) is 0 Å². The first-order valence-electron chi connectivity index (χ1n) is 8.87. The van der Waals surface area contributed by atoms with Crippen LogP contribution in [0.2, 0.25) is 0 Å². The van der Waals surface area contributed by atoms with Crippen LogP contribution in [0.25, 0.3) is 0 Å². The van der Waals surface area contributed by atoms with Gasteiger partial charge in [0.1, 0.15) is 0 Å². The highest BCUT2D eigenvalue weighted by atomic mass is 16.1. The molecule has 5 nitrogen and oxygen atoms in total. The van der Waals surface area contributed by atoms with Gasteiger partial charge in [-0.25, -0.2) is 4.99 Å². The average molecular weight is 330 g/mol. The highest BCUT2D eigenvalue weighted by Gasteiger charge is 2.23. The second-order valence-corrected chi connectivity index (χ2v) is 6.90. The van der Waals surface area contributed by atoms with Crippen LogP contribution in [0.4, 0.5) is 5.69 Å². The van der Waals surface area contributed by atoms with E-state index in [0.717, 1.165) is 36.8 Å². The van der Waals surface area contributed by atoms with Crippen LogP contribution < -0.4 is 10.6 Å². The smallest absolute Gasteiger partial charge is 0.221 e. The third-order valence-corrected chi connectivity index (χ3v) is 4.16. The Hall–Kier alpha value is -2.04. The lowest BCUT2D eigenvalue weighted by molar-refractivity contribution is -0.114. The zero-order valence-corrected chi connectivity index (χ0v) is 15.3. The number of amides is 1. The first-order chi connectivity index (χ1) is 11.5.